The van der Waals surface area contributed by atoms with Gasteiger partial charge in [0.1, 0.15) is 4.83 Å². The summed E-state index contributed by atoms with van der Waals surface area (Å²) in [5, 5.41) is 0.750. The van der Waals surface area contributed by atoms with Crippen LogP contribution in [0.5, 0.6) is 0 Å². The van der Waals surface area contributed by atoms with Crippen LogP contribution in [0, 0.1) is 0 Å². The lowest BCUT2D eigenvalue weighted by Crippen LogP contribution is -2.19. The van der Waals surface area contributed by atoms with E-state index in [-0.39, 0.29) is 11.6 Å². The van der Waals surface area contributed by atoms with E-state index >= 15 is 0 Å². The molecule has 0 radical (unpaired) electrons. The predicted octanol–water partition coefficient (Wildman–Crippen LogP) is 0.410. The molecule has 1 unspecified atom stereocenters. The maximum absolute atomic E-state index is 11.6. The van der Waals surface area contributed by atoms with Gasteiger partial charge < -0.3 is 10.7 Å². The van der Waals surface area contributed by atoms with Gasteiger partial charge in [-0.05, 0) is 18.4 Å². The van der Waals surface area contributed by atoms with Crippen LogP contribution in [-0.2, 0) is 12.8 Å². The molecular weight excluding hydrogens is 198 g/mol. The fourth-order valence-corrected chi connectivity index (χ4v) is 3.26. The Hall–Kier alpha value is -1.20. The van der Waals surface area contributed by atoms with Gasteiger partial charge in [0.15, 0.2) is 0 Å². The van der Waals surface area contributed by atoms with Crippen LogP contribution in [-0.4, -0.2) is 16.0 Å². The molecule has 0 bridgehead atoms. The summed E-state index contributed by atoms with van der Waals surface area (Å²) in [5.74, 6) is 0. The standard InChI is InChI=1S/C9H9N3OS/c10-4-1-5-6(2-4)14-9-7(5)8(13)11-3-12-9/h3-4H,1-2,10H2,(H,11,12,13). The summed E-state index contributed by atoms with van der Waals surface area (Å²) in [7, 11) is 0. The van der Waals surface area contributed by atoms with Gasteiger partial charge in [-0.15, -0.1) is 11.3 Å². The number of fused-ring (bicyclic) bond motifs is 3. The molecule has 0 aromatic carbocycles. The van der Waals surface area contributed by atoms with Crippen LogP contribution in [0.2, 0.25) is 0 Å². The van der Waals surface area contributed by atoms with E-state index in [2.05, 4.69) is 9.97 Å². The summed E-state index contributed by atoms with van der Waals surface area (Å²) in [5.41, 5.74) is 6.92. The average molecular weight is 207 g/mol. The minimum absolute atomic E-state index is 0.0402. The maximum Gasteiger partial charge on any atom is 0.259 e. The number of H-pyrrole nitrogens is 1. The number of aromatic amines is 1. The van der Waals surface area contributed by atoms with Crippen molar-refractivity contribution in [3.8, 4) is 0 Å². The quantitative estimate of drug-likeness (QED) is 0.657. The molecule has 72 valence electrons. The molecule has 0 spiro atoms. The van der Waals surface area contributed by atoms with Gasteiger partial charge in [0.2, 0.25) is 0 Å². The molecule has 2 aromatic heterocycles. The van der Waals surface area contributed by atoms with E-state index in [0.717, 1.165) is 28.6 Å². The first kappa shape index (κ1) is 8.14. The van der Waals surface area contributed by atoms with Crippen molar-refractivity contribution < 1.29 is 0 Å². The summed E-state index contributed by atoms with van der Waals surface area (Å²) in [6.07, 6.45) is 3.15. The van der Waals surface area contributed by atoms with Gasteiger partial charge in [0.05, 0.1) is 11.7 Å². The minimum atomic E-state index is -0.0402. The van der Waals surface area contributed by atoms with E-state index in [9.17, 15) is 4.79 Å². The zero-order chi connectivity index (χ0) is 9.71. The summed E-state index contributed by atoms with van der Waals surface area (Å²) in [6, 6.07) is 0.181. The second-order valence-corrected chi connectivity index (χ2v) is 4.67. The van der Waals surface area contributed by atoms with Gasteiger partial charge in [-0.2, -0.15) is 0 Å². The van der Waals surface area contributed by atoms with Gasteiger partial charge in [-0.25, -0.2) is 4.98 Å². The van der Waals surface area contributed by atoms with E-state index < -0.39 is 0 Å². The van der Waals surface area contributed by atoms with Gasteiger partial charge >= 0.3 is 0 Å². The smallest absolute Gasteiger partial charge is 0.259 e. The van der Waals surface area contributed by atoms with Gasteiger partial charge in [-0.3, -0.25) is 4.79 Å². The highest BCUT2D eigenvalue weighted by molar-refractivity contribution is 7.18. The highest BCUT2D eigenvalue weighted by Crippen LogP contribution is 2.33. The summed E-state index contributed by atoms with van der Waals surface area (Å²) >= 11 is 1.59. The van der Waals surface area contributed by atoms with E-state index in [1.165, 1.54) is 11.2 Å². The number of nitrogens with one attached hydrogen (secondary N) is 1. The summed E-state index contributed by atoms with van der Waals surface area (Å²) in [6.45, 7) is 0. The Kier molecular flexibility index (Phi) is 1.54. The molecule has 1 aliphatic rings. The molecule has 3 rings (SSSR count). The molecule has 0 fully saturated rings. The van der Waals surface area contributed by atoms with Crippen molar-refractivity contribution in [2.75, 3.05) is 0 Å². The number of aromatic nitrogens is 2. The van der Waals surface area contributed by atoms with Crippen molar-refractivity contribution in [3.05, 3.63) is 27.1 Å². The number of nitrogens with two attached hydrogens (primary N) is 1. The maximum atomic E-state index is 11.6. The zero-order valence-electron chi connectivity index (χ0n) is 7.41. The van der Waals surface area contributed by atoms with Crippen molar-refractivity contribution in [2.45, 2.75) is 18.9 Å². The first-order chi connectivity index (χ1) is 6.75. The van der Waals surface area contributed by atoms with Crippen LogP contribution >= 0.6 is 11.3 Å². The summed E-state index contributed by atoms with van der Waals surface area (Å²) in [4.78, 5) is 20.4. The SMILES string of the molecule is NC1Cc2sc3nc[nH]c(=O)c3c2C1. The van der Waals surface area contributed by atoms with Gasteiger partial charge in [-0.1, -0.05) is 0 Å². The van der Waals surface area contributed by atoms with Crippen molar-refractivity contribution in [1.29, 1.82) is 0 Å². The molecule has 0 amide bonds. The third-order valence-corrected chi connectivity index (χ3v) is 3.75. The molecule has 14 heavy (non-hydrogen) atoms. The molecular formula is C9H9N3OS. The highest BCUT2D eigenvalue weighted by atomic mass is 32.1. The Labute approximate surface area is 83.8 Å². The number of hydrogen-bond acceptors (Lipinski definition) is 4. The van der Waals surface area contributed by atoms with Crippen molar-refractivity contribution in [1.82, 2.24) is 9.97 Å². The molecule has 3 N–H and O–H groups in total. The van der Waals surface area contributed by atoms with E-state index in [4.69, 9.17) is 5.73 Å². The number of hydrogen-bond donors (Lipinski definition) is 2. The normalized spacial score (nSPS) is 20.2. The first-order valence-corrected chi connectivity index (χ1v) is 5.31. The second-order valence-electron chi connectivity index (χ2n) is 3.58. The van der Waals surface area contributed by atoms with Crippen molar-refractivity contribution in [2.24, 2.45) is 5.73 Å². The fourth-order valence-electron chi connectivity index (χ4n) is 2.00. The predicted molar refractivity (Wildman–Crippen MR) is 55.6 cm³/mol. The van der Waals surface area contributed by atoms with Gasteiger partial charge in [0.25, 0.3) is 5.56 Å². The lowest BCUT2D eigenvalue weighted by atomic mass is 10.2. The van der Waals surface area contributed by atoms with Crippen LogP contribution in [0.4, 0.5) is 0 Å². The second kappa shape index (κ2) is 2.65. The Morgan fingerprint density at radius 1 is 1.57 bits per heavy atom. The largest absolute Gasteiger partial charge is 0.327 e. The molecule has 0 saturated carbocycles. The molecule has 1 atom stereocenters. The third-order valence-electron chi connectivity index (χ3n) is 2.59. The summed E-state index contributed by atoms with van der Waals surface area (Å²) < 4.78 is 0. The Bertz CT molecular complexity index is 557. The van der Waals surface area contributed by atoms with Crippen molar-refractivity contribution in [3.63, 3.8) is 0 Å². The fraction of sp³-hybridized carbons (Fsp3) is 0.333. The van der Waals surface area contributed by atoms with E-state index in [1.807, 2.05) is 0 Å². The van der Waals surface area contributed by atoms with Crippen LogP contribution < -0.4 is 11.3 Å². The molecule has 0 saturated heterocycles. The van der Waals surface area contributed by atoms with Crippen LogP contribution in [0.15, 0.2) is 11.1 Å². The Morgan fingerprint density at radius 2 is 2.43 bits per heavy atom. The molecule has 4 nitrogen and oxygen atoms in total. The van der Waals surface area contributed by atoms with E-state index in [1.54, 1.807) is 11.3 Å². The minimum Gasteiger partial charge on any atom is -0.327 e. The molecule has 5 heteroatoms. The number of nitrogens with zero attached hydrogens (tertiary/aromatic N) is 1. The molecule has 0 aliphatic heterocycles. The van der Waals surface area contributed by atoms with Crippen LogP contribution in [0.1, 0.15) is 10.4 Å². The van der Waals surface area contributed by atoms with Crippen LogP contribution in [0.3, 0.4) is 0 Å². The molecule has 2 heterocycles. The topological polar surface area (TPSA) is 71.8 Å². The monoisotopic (exact) mass is 207 g/mol. The molecule has 1 aliphatic carbocycles. The Balaban J connectivity index is 2.41. The highest BCUT2D eigenvalue weighted by Gasteiger charge is 2.24. The van der Waals surface area contributed by atoms with Crippen molar-refractivity contribution >= 4 is 21.6 Å². The Morgan fingerprint density at radius 3 is 3.29 bits per heavy atom. The van der Waals surface area contributed by atoms with Crippen LogP contribution in [0.25, 0.3) is 10.2 Å². The van der Waals surface area contributed by atoms with E-state index in [0.29, 0.717) is 0 Å². The number of rotatable bonds is 0. The number of thiophene rings is 1. The third kappa shape index (κ3) is 0.964. The average Bonchev–Trinajstić information content (AvgIpc) is 2.60. The first-order valence-electron chi connectivity index (χ1n) is 4.49. The zero-order valence-corrected chi connectivity index (χ0v) is 8.23. The lowest BCUT2D eigenvalue weighted by Gasteiger charge is -1.97. The van der Waals surface area contributed by atoms with Gasteiger partial charge in [0, 0.05) is 10.9 Å². The molecule has 2 aromatic rings. The lowest BCUT2D eigenvalue weighted by molar-refractivity contribution is 0.724.